The van der Waals surface area contributed by atoms with E-state index in [1.54, 1.807) is 0 Å². The lowest BCUT2D eigenvalue weighted by molar-refractivity contribution is -0.115. The molecule has 1 aromatic rings. The zero-order chi connectivity index (χ0) is 14.3. The predicted octanol–water partition coefficient (Wildman–Crippen LogP) is 2.53. The summed E-state index contributed by atoms with van der Waals surface area (Å²) in [7, 11) is 0. The van der Waals surface area contributed by atoms with Crippen LogP contribution in [0.25, 0.3) is 0 Å². The summed E-state index contributed by atoms with van der Waals surface area (Å²) >= 11 is 3.36. The quantitative estimate of drug-likeness (QED) is 0.720. The van der Waals surface area contributed by atoms with Gasteiger partial charge in [-0.2, -0.15) is 0 Å². The Kier molecular flexibility index (Phi) is 6.48. The smallest absolute Gasteiger partial charge is 0.238 e. The van der Waals surface area contributed by atoms with Crippen molar-refractivity contribution in [1.29, 1.82) is 0 Å². The Hall–Kier alpha value is -0.910. The SMILES string of the molecule is CCC(CC)(CO)NCC(=O)Nc1cccc(Br)c1. The number of amides is 1. The van der Waals surface area contributed by atoms with Gasteiger partial charge in [-0.15, -0.1) is 0 Å². The van der Waals surface area contributed by atoms with Crippen LogP contribution >= 0.6 is 15.9 Å². The molecule has 0 atom stereocenters. The van der Waals surface area contributed by atoms with Crippen molar-refractivity contribution in [1.82, 2.24) is 5.32 Å². The molecule has 0 aliphatic rings. The van der Waals surface area contributed by atoms with E-state index in [9.17, 15) is 9.90 Å². The molecule has 4 nitrogen and oxygen atoms in total. The molecule has 5 heteroatoms. The van der Waals surface area contributed by atoms with Crippen molar-refractivity contribution >= 4 is 27.5 Å². The Balaban J connectivity index is 2.52. The molecule has 19 heavy (non-hydrogen) atoms. The van der Waals surface area contributed by atoms with E-state index < -0.39 is 0 Å². The van der Waals surface area contributed by atoms with Crippen LogP contribution in [-0.2, 0) is 4.79 Å². The van der Waals surface area contributed by atoms with Crippen LogP contribution in [0.3, 0.4) is 0 Å². The van der Waals surface area contributed by atoms with E-state index in [0.29, 0.717) is 0 Å². The second-order valence-electron chi connectivity index (χ2n) is 4.56. The topological polar surface area (TPSA) is 61.4 Å². The normalized spacial score (nSPS) is 11.4. The van der Waals surface area contributed by atoms with E-state index in [0.717, 1.165) is 23.0 Å². The Morgan fingerprint density at radius 1 is 1.37 bits per heavy atom. The van der Waals surface area contributed by atoms with Gasteiger partial charge in [-0.1, -0.05) is 35.8 Å². The number of halogens is 1. The molecular weight excluding hydrogens is 308 g/mol. The van der Waals surface area contributed by atoms with Crippen molar-refractivity contribution in [3.63, 3.8) is 0 Å². The number of aliphatic hydroxyl groups excluding tert-OH is 1. The van der Waals surface area contributed by atoms with Crippen LogP contribution in [0.4, 0.5) is 5.69 Å². The van der Waals surface area contributed by atoms with Gasteiger partial charge in [0.15, 0.2) is 0 Å². The number of anilines is 1. The third kappa shape index (κ3) is 4.93. The highest BCUT2D eigenvalue weighted by Crippen LogP contribution is 2.16. The lowest BCUT2D eigenvalue weighted by atomic mass is 9.94. The summed E-state index contributed by atoms with van der Waals surface area (Å²) < 4.78 is 0.921. The second kappa shape index (κ2) is 7.62. The van der Waals surface area contributed by atoms with Gasteiger partial charge in [0, 0.05) is 15.7 Å². The van der Waals surface area contributed by atoms with Crippen LogP contribution in [0.1, 0.15) is 26.7 Å². The van der Waals surface area contributed by atoms with Crippen LogP contribution in [0.15, 0.2) is 28.7 Å². The fourth-order valence-electron chi connectivity index (χ4n) is 1.82. The Labute approximate surface area is 122 Å². The number of hydrogen-bond donors (Lipinski definition) is 3. The molecule has 0 unspecified atom stereocenters. The van der Waals surface area contributed by atoms with Gasteiger partial charge < -0.3 is 15.7 Å². The number of benzene rings is 1. The standard InChI is InChI=1S/C14H21BrN2O2/c1-3-14(4-2,10-18)16-9-13(19)17-12-7-5-6-11(15)8-12/h5-8,16,18H,3-4,9-10H2,1-2H3,(H,17,19). The van der Waals surface area contributed by atoms with Crippen molar-refractivity contribution in [3.05, 3.63) is 28.7 Å². The largest absolute Gasteiger partial charge is 0.394 e. The maximum absolute atomic E-state index is 11.8. The molecule has 3 N–H and O–H groups in total. The van der Waals surface area contributed by atoms with Crippen LogP contribution in [0, 0.1) is 0 Å². The zero-order valence-corrected chi connectivity index (χ0v) is 13.0. The maximum atomic E-state index is 11.8. The summed E-state index contributed by atoms with van der Waals surface area (Å²) in [6.07, 6.45) is 1.56. The van der Waals surface area contributed by atoms with Crippen molar-refractivity contribution in [2.45, 2.75) is 32.2 Å². The predicted molar refractivity (Wildman–Crippen MR) is 81.2 cm³/mol. The monoisotopic (exact) mass is 328 g/mol. The molecule has 106 valence electrons. The number of rotatable bonds is 7. The third-order valence-electron chi connectivity index (χ3n) is 3.39. The van der Waals surface area contributed by atoms with Gasteiger partial charge in [0.05, 0.1) is 13.2 Å². The van der Waals surface area contributed by atoms with E-state index in [1.807, 2.05) is 38.1 Å². The van der Waals surface area contributed by atoms with Gasteiger partial charge in [0.2, 0.25) is 5.91 Å². The molecule has 0 aliphatic heterocycles. The van der Waals surface area contributed by atoms with E-state index in [4.69, 9.17) is 0 Å². The Morgan fingerprint density at radius 2 is 2.05 bits per heavy atom. The highest BCUT2D eigenvalue weighted by atomic mass is 79.9. The number of nitrogens with one attached hydrogen (secondary N) is 2. The first-order chi connectivity index (χ1) is 9.05. The fraction of sp³-hybridized carbons (Fsp3) is 0.500. The number of aliphatic hydroxyl groups is 1. The minimum Gasteiger partial charge on any atom is -0.394 e. The summed E-state index contributed by atoms with van der Waals surface area (Å²) in [5, 5.41) is 15.4. The number of carbonyl (C=O) groups excluding carboxylic acids is 1. The molecule has 1 rings (SSSR count). The van der Waals surface area contributed by atoms with Crippen LogP contribution < -0.4 is 10.6 Å². The van der Waals surface area contributed by atoms with Gasteiger partial charge in [-0.25, -0.2) is 0 Å². The molecule has 0 aromatic heterocycles. The van der Waals surface area contributed by atoms with Gasteiger partial charge in [-0.3, -0.25) is 4.79 Å². The molecule has 1 aromatic carbocycles. The second-order valence-corrected chi connectivity index (χ2v) is 5.47. The van der Waals surface area contributed by atoms with Gasteiger partial charge in [-0.05, 0) is 31.0 Å². The molecule has 0 heterocycles. The van der Waals surface area contributed by atoms with Crippen molar-refractivity contribution in [3.8, 4) is 0 Å². The first kappa shape index (κ1) is 16.1. The highest BCUT2D eigenvalue weighted by molar-refractivity contribution is 9.10. The first-order valence-corrected chi connectivity index (χ1v) is 7.26. The summed E-state index contributed by atoms with van der Waals surface area (Å²) in [4.78, 5) is 11.8. The summed E-state index contributed by atoms with van der Waals surface area (Å²) in [5.41, 5.74) is 0.387. The Bertz CT molecular complexity index is 411. The molecule has 0 spiro atoms. The minimum absolute atomic E-state index is 0.0319. The Morgan fingerprint density at radius 3 is 2.58 bits per heavy atom. The molecule has 0 saturated carbocycles. The first-order valence-electron chi connectivity index (χ1n) is 6.46. The fourth-order valence-corrected chi connectivity index (χ4v) is 2.22. The molecular formula is C14H21BrN2O2. The van der Waals surface area contributed by atoms with Gasteiger partial charge in [0.1, 0.15) is 0 Å². The molecule has 0 bridgehead atoms. The summed E-state index contributed by atoms with van der Waals surface area (Å²) in [6.45, 7) is 4.22. The average Bonchev–Trinajstić information content (AvgIpc) is 2.41. The molecule has 0 fully saturated rings. The van der Waals surface area contributed by atoms with E-state index in [2.05, 4.69) is 26.6 Å². The van der Waals surface area contributed by atoms with E-state index >= 15 is 0 Å². The maximum Gasteiger partial charge on any atom is 0.238 e. The molecule has 0 aliphatic carbocycles. The van der Waals surface area contributed by atoms with E-state index in [-0.39, 0.29) is 24.6 Å². The van der Waals surface area contributed by atoms with Crippen LogP contribution in [0.2, 0.25) is 0 Å². The lowest BCUT2D eigenvalue weighted by Crippen LogP contribution is -2.50. The third-order valence-corrected chi connectivity index (χ3v) is 3.88. The van der Waals surface area contributed by atoms with Crippen molar-refractivity contribution in [2.24, 2.45) is 0 Å². The van der Waals surface area contributed by atoms with Crippen LogP contribution in [-0.4, -0.2) is 29.7 Å². The van der Waals surface area contributed by atoms with Crippen molar-refractivity contribution in [2.75, 3.05) is 18.5 Å². The number of hydrogen-bond acceptors (Lipinski definition) is 3. The average molecular weight is 329 g/mol. The summed E-state index contributed by atoms with van der Waals surface area (Å²) in [6, 6.07) is 7.44. The number of carbonyl (C=O) groups is 1. The van der Waals surface area contributed by atoms with E-state index in [1.165, 1.54) is 0 Å². The van der Waals surface area contributed by atoms with Gasteiger partial charge in [0.25, 0.3) is 0 Å². The molecule has 0 saturated heterocycles. The highest BCUT2D eigenvalue weighted by Gasteiger charge is 2.24. The zero-order valence-electron chi connectivity index (χ0n) is 11.4. The minimum atomic E-state index is -0.366. The summed E-state index contributed by atoms with van der Waals surface area (Å²) in [5.74, 6) is -0.113. The van der Waals surface area contributed by atoms with Crippen molar-refractivity contribution < 1.29 is 9.90 Å². The van der Waals surface area contributed by atoms with Crippen LogP contribution in [0.5, 0.6) is 0 Å². The van der Waals surface area contributed by atoms with Gasteiger partial charge >= 0.3 is 0 Å². The molecule has 0 radical (unpaired) electrons. The molecule has 1 amide bonds. The lowest BCUT2D eigenvalue weighted by Gasteiger charge is -2.30.